The lowest BCUT2D eigenvalue weighted by atomic mass is 10.1. The molecule has 0 unspecified atom stereocenters. The van der Waals surface area contributed by atoms with Gasteiger partial charge in [0.1, 0.15) is 0 Å². The summed E-state index contributed by atoms with van der Waals surface area (Å²) in [6, 6.07) is 86.4. The second-order valence-electron chi connectivity index (χ2n) is 15.8. The van der Waals surface area contributed by atoms with Gasteiger partial charge in [-0.1, -0.05) is 127 Å². The molecule has 0 saturated carbocycles. The standard InChI is InChI=1S/C59H40N6/c60-41-42-17-16-20-45(37-42)59-61-55(43-18-6-1-7-19-43)40-56(62-59)44-29-31-50(32-30-44)65-57-35-33-51(63(46-21-8-2-9-22-46)47-23-10-3-11-24-47)38-53(57)54-39-52(34-36-58(54)65)64(48-25-12-4-13-26-48)49-27-14-5-15-28-49/h1-40H. The van der Waals surface area contributed by atoms with Crippen LogP contribution >= 0.6 is 0 Å². The number of rotatable bonds is 10. The van der Waals surface area contributed by atoms with Crippen LogP contribution in [0.2, 0.25) is 0 Å². The Morgan fingerprint density at radius 1 is 0.354 bits per heavy atom. The zero-order valence-corrected chi connectivity index (χ0v) is 35.3. The van der Waals surface area contributed by atoms with Crippen molar-refractivity contribution in [1.82, 2.24) is 14.5 Å². The Morgan fingerprint density at radius 3 is 1.22 bits per heavy atom. The molecule has 0 amide bonds. The summed E-state index contributed by atoms with van der Waals surface area (Å²) in [5, 5.41) is 11.9. The lowest BCUT2D eigenvalue weighted by Gasteiger charge is -2.26. The van der Waals surface area contributed by atoms with Gasteiger partial charge in [-0.15, -0.1) is 0 Å². The van der Waals surface area contributed by atoms with Crippen LogP contribution in [-0.4, -0.2) is 14.5 Å². The monoisotopic (exact) mass is 832 g/mol. The summed E-state index contributed by atoms with van der Waals surface area (Å²) in [7, 11) is 0. The van der Waals surface area contributed by atoms with E-state index in [-0.39, 0.29) is 0 Å². The first kappa shape index (κ1) is 38.8. The van der Waals surface area contributed by atoms with E-state index in [0.717, 1.165) is 89.7 Å². The van der Waals surface area contributed by atoms with Crippen LogP contribution in [0.1, 0.15) is 5.56 Å². The van der Waals surface area contributed by atoms with Gasteiger partial charge in [0.2, 0.25) is 0 Å². The number of fused-ring (bicyclic) bond motifs is 3. The van der Waals surface area contributed by atoms with E-state index in [9.17, 15) is 5.26 Å². The van der Waals surface area contributed by atoms with Crippen LogP contribution in [0.25, 0.3) is 61.4 Å². The highest BCUT2D eigenvalue weighted by Gasteiger charge is 2.20. The SMILES string of the molecule is N#Cc1cccc(-c2nc(-c3ccccc3)cc(-c3ccc(-n4c5ccc(N(c6ccccc6)c6ccccc6)cc5c5cc(N(c6ccccc6)c6ccccc6)ccc54)cc3)n2)c1. The molecule has 0 saturated heterocycles. The average molecular weight is 833 g/mol. The maximum Gasteiger partial charge on any atom is 0.160 e. The van der Waals surface area contributed by atoms with Crippen LogP contribution in [0.15, 0.2) is 243 Å². The molecule has 65 heavy (non-hydrogen) atoms. The molecule has 0 aliphatic carbocycles. The molecule has 2 aromatic heterocycles. The quantitative estimate of drug-likeness (QED) is 0.137. The van der Waals surface area contributed by atoms with E-state index >= 15 is 0 Å². The third-order valence-corrected chi connectivity index (χ3v) is 11.8. The fourth-order valence-corrected chi connectivity index (χ4v) is 8.75. The molecule has 9 aromatic carbocycles. The van der Waals surface area contributed by atoms with Gasteiger partial charge in [-0.2, -0.15) is 5.26 Å². The third-order valence-electron chi connectivity index (χ3n) is 11.8. The zero-order valence-electron chi connectivity index (χ0n) is 35.3. The molecule has 0 bridgehead atoms. The van der Waals surface area contributed by atoms with Crippen LogP contribution in [-0.2, 0) is 0 Å². The van der Waals surface area contributed by atoms with Gasteiger partial charge < -0.3 is 14.4 Å². The van der Waals surface area contributed by atoms with Gasteiger partial charge in [-0.3, -0.25) is 0 Å². The highest BCUT2D eigenvalue weighted by molar-refractivity contribution is 6.12. The van der Waals surface area contributed by atoms with Crippen molar-refractivity contribution in [3.8, 4) is 45.7 Å². The summed E-state index contributed by atoms with van der Waals surface area (Å²) in [5.74, 6) is 0.566. The molecule has 0 aliphatic heterocycles. The van der Waals surface area contributed by atoms with Gasteiger partial charge in [0.05, 0.1) is 34.1 Å². The molecular formula is C59H40N6. The van der Waals surface area contributed by atoms with Crippen LogP contribution in [0.4, 0.5) is 34.1 Å². The Labute approximate surface area is 377 Å². The van der Waals surface area contributed by atoms with Gasteiger partial charge in [0, 0.05) is 67.3 Å². The molecule has 2 heterocycles. The van der Waals surface area contributed by atoms with E-state index in [1.807, 2.05) is 42.5 Å². The summed E-state index contributed by atoms with van der Waals surface area (Å²) in [6.07, 6.45) is 0. The van der Waals surface area contributed by atoms with Crippen molar-refractivity contribution in [2.45, 2.75) is 0 Å². The fraction of sp³-hybridized carbons (Fsp3) is 0. The number of hydrogen-bond donors (Lipinski definition) is 0. The summed E-state index contributed by atoms with van der Waals surface area (Å²) < 4.78 is 2.36. The Bertz CT molecular complexity index is 3260. The minimum Gasteiger partial charge on any atom is -0.310 e. The number of nitrogens with zero attached hydrogens (tertiary/aromatic N) is 6. The minimum atomic E-state index is 0.563. The molecule has 0 N–H and O–H groups in total. The van der Waals surface area contributed by atoms with E-state index in [1.165, 1.54) is 0 Å². The number of benzene rings is 9. The average Bonchev–Trinajstić information content (AvgIpc) is 3.71. The Morgan fingerprint density at radius 2 is 0.769 bits per heavy atom. The predicted molar refractivity (Wildman–Crippen MR) is 267 cm³/mol. The van der Waals surface area contributed by atoms with Gasteiger partial charge in [-0.05, 0) is 115 Å². The first-order valence-electron chi connectivity index (χ1n) is 21.6. The molecule has 0 fully saturated rings. The largest absolute Gasteiger partial charge is 0.310 e. The van der Waals surface area contributed by atoms with Gasteiger partial charge in [0.15, 0.2) is 5.82 Å². The first-order valence-corrected chi connectivity index (χ1v) is 21.6. The molecule has 11 aromatic rings. The second kappa shape index (κ2) is 17.0. The van der Waals surface area contributed by atoms with Crippen molar-refractivity contribution >= 4 is 55.9 Å². The molecular weight excluding hydrogens is 793 g/mol. The Balaban J connectivity index is 1.09. The van der Waals surface area contributed by atoms with Gasteiger partial charge in [0.25, 0.3) is 0 Å². The molecule has 6 heteroatoms. The van der Waals surface area contributed by atoms with E-state index in [1.54, 1.807) is 6.07 Å². The van der Waals surface area contributed by atoms with Crippen LogP contribution in [0.3, 0.4) is 0 Å². The highest BCUT2D eigenvalue weighted by Crippen LogP contribution is 2.43. The van der Waals surface area contributed by atoms with Crippen LogP contribution < -0.4 is 9.80 Å². The van der Waals surface area contributed by atoms with Crippen molar-refractivity contribution < 1.29 is 0 Å². The lowest BCUT2D eigenvalue weighted by Crippen LogP contribution is -2.09. The number of nitriles is 1. The number of aromatic nitrogens is 3. The molecule has 0 spiro atoms. The second-order valence-corrected chi connectivity index (χ2v) is 15.8. The van der Waals surface area contributed by atoms with Crippen molar-refractivity contribution in [2.24, 2.45) is 0 Å². The number of hydrogen-bond acceptors (Lipinski definition) is 5. The van der Waals surface area contributed by atoms with E-state index in [0.29, 0.717) is 11.4 Å². The molecule has 0 aliphatic rings. The normalized spacial score (nSPS) is 11.1. The first-order chi connectivity index (χ1) is 32.2. The van der Waals surface area contributed by atoms with Crippen molar-refractivity contribution in [3.63, 3.8) is 0 Å². The lowest BCUT2D eigenvalue weighted by molar-refractivity contribution is 1.17. The van der Waals surface area contributed by atoms with Gasteiger partial charge >= 0.3 is 0 Å². The van der Waals surface area contributed by atoms with Crippen molar-refractivity contribution in [3.05, 3.63) is 248 Å². The van der Waals surface area contributed by atoms with Gasteiger partial charge in [-0.25, -0.2) is 9.97 Å². The summed E-state index contributed by atoms with van der Waals surface area (Å²) in [5.41, 5.74) is 14.6. The summed E-state index contributed by atoms with van der Waals surface area (Å²) in [4.78, 5) is 14.7. The number of anilines is 6. The van der Waals surface area contributed by atoms with Crippen LogP contribution in [0, 0.1) is 11.3 Å². The summed E-state index contributed by atoms with van der Waals surface area (Å²) in [6.45, 7) is 0. The summed E-state index contributed by atoms with van der Waals surface area (Å²) >= 11 is 0. The fourth-order valence-electron chi connectivity index (χ4n) is 8.75. The molecule has 306 valence electrons. The maximum absolute atomic E-state index is 9.68. The predicted octanol–water partition coefficient (Wildman–Crippen LogP) is 15.4. The van der Waals surface area contributed by atoms with E-state index in [2.05, 4.69) is 215 Å². The van der Waals surface area contributed by atoms with E-state index in [4.69, 9.17) is 9.97 Å². The Kier molecular flexibility index (Phi) is 10.2. The Hall–Kier alpha value is -9.05. The number of para-hydroxylation sites is 4. The molecule has 11 rings (SSSR count). The topological polar surface area (TPSA) is 61.0 Å². The van der Waals surface area contributed by atoms with Crippen LogP contribution in [0.5, 0.6) is 0 Å². The smallest absolute Gasteiger partial charge is 0.160 e. The van der Waals surface area contributed by atoms with Crippen molar-refractivity contribution in [2.75, 3.05) is 9.80 Å². The van der Waals surface area contributed by atoms with Crippen molar-refractivity contribution in [1.29, 1.82) is 5.26 Å². The maximum atomic E-state index is 9.68. The molecule has 6 nitrogen and oxygen atoms in total. The highest BCUT2D eigenvalue weighted by atomic mass is 15.1. The van der Waals surface area contributed by atoms with E-state index < -0.39 is 0 Å². The molecule has 0 atom stereocenters. The third kappa shape index (κ3) is 7.54. The minimum absolute atomic E-state index is 0.563. The molecule has 0 radical (unpaired) electrons. The zero-order chi connectivity index (χ0) is 43.5.